The second-order valence-electron chi connectivity index (χ2n) is 6.62. The van der Waals surface area contributed by atoms with Crippen LogP contribution in [0.15, 0.2) is 39.7 Å². The van der Waals surface area contributed by atoms with Crippen molar-refractivity contribution in [3.05, 3.63) is 46.3 Å². The third-order valence-corrected chi connectivity index (χ3v) is 5.33. The first kappa shape index (κ1) is 16.5. The van der Waals surface area contributed by atoms with Crippen LogP contribution in [0.25, 0.3) is 11.0 Å². The van der Waals surface area contributed by atoms with Gasteiger partial charge in [-0.05, 0) is 25.0 Å². The molecule has 0 radical (unpaired) electrons. The molecule has 1 aromatic carbocycles. The van der Waals surface area contributed by atoms with Gasteiger partial charge >= 0.3 is 0 Å². The Morgan fingerprint density at radius 2 is 2.00 bits per heavy atom. The lowest BCUT2D eigenvalue weighted by molar-refractivity contribution is 0.0566. The third-order valence-electron chi connectivity index (χ3n) is 5.33. The Hall–Kier alpha value is -1.36. The first-order valence-corrected chi connectivity index (χ1v) is 8.24. The Morgan fingerprint density at radius 3 is 2.83 bits per heavy atom. The minimum absolute atomic E-state index is 0. The molecule has 1 aliphatic carbocycles. The summed E-state index contributed by atoms with van der Waals surface area (Å²) >= 11 is 0. The van der Waals surface area contributed by atoms with E-state index in [1.165, 1.54) is 25.7 Å². The topological polar surface area (TPSA) is 45.5 Å². The molecular weight excluding hydrogens is 312 g/mol. The molecule has 1 saturated heterocycles. The molecule has 0 atom stereocenters. The van der Waals surface area contributed by atoms with Crippen LogP contribution in [0.1, 0.15) is 31.2 Å². The smallest absolute Gasteiger partial charge is 0.197 e. The number of benzene rings is 1. The second kappa shape index (κ2) is 6.63. The molecule has 1 aromatic heterocycles. The molecule has 2 aromatic rings. The SMILES string of the molecule is Cl.O=c1c(CN2CCNCC23CCCC3)coc2ccccc12. The fourth-order valence-electron chi connectivity index (χ4n) is 4.09. The summed E-state index contributed by atoms with van der Waals surface area (Å²) < 4.78 is 5.67. The van der Waals surface area contributed by atoms with Gasteiger partial charge in [0.05, 0.1) is 11.6 Å². The average Bonchev–Trinajstić information content (AvgIpc) is 3.02. The standard InChI is InChI=1S/C18H22N2O2.ClH/c21-17-14(12-22-16-6-2-1-5-15(16)17)11-20-10-9-19-13-18(20)7-3-4-8-18;/h1-2,5-6,12,19H,3-4,7-11,13H2;1H. The van der Waals surface area contributed by atoms with Crippen molar-refractivity contribution in [2.75, 3.05) is 19.6 Å². The number of para-hydroxylation sites is 1. The molecule has 0 amide bonds. The normalized spacial score (nSPS) is 20.7. The van der Waals surface area contributed by atoms with Gasteiger partial charge in [-0.1, -0.05) is 25.0 Å². The van der Waals surface area contributed by atoms with Crippen molar-refractivity contribution in [2.45, 2.75) is 37.8 Å². The number of rotatable bonds is 2. The Labute approximate surface area is 142 Å². The zero-order valence-electron chi connectivity index (χ0n) is 13.2. The summed E-state index contributed by atoms with van der Waals surface area (Å²) in [7, 11) is 0. The van der Waals surface area contributed by atoms with Gasteiger partial charge in [-0.3, -0.25) is 9.69 Å². The van der Waals surface area contributed by atoms with Crippen molar-refractivity contribution >= 4 is 23.4 Å². The average molecular weight is 335 g/mol. The van der Waals surface area contributed by atoms with Gasteiger partial charge in [-0.2, -0.15) is 0 Å². The quantitative estimate of drug-likeness (QED) is 0.917. The van der Waals surface area contributed by atoms with Gasteiger partial charge in [-0.25, -0.2) is 0 Å². The molecule has 0 bridgehead atoms. The van der Waals surface area contributed by atoms with Crippen LogP contribution in [-0.2, 0) is 6.54 Å². The summed E-state index contributed by atoms with van der Waals surface area (Å²) in [5.74, 6) is 0. The Morgan fingerprint density at radius 1 is 1.22 bits per heavy atom. The number of fused-ring (bicyclic) bond motifs is 1. The van der Waals surface area contributed by atoms with Crippen LogP contribution in [0, 0.1) is 0 Å². The molecule has 5 heteroatoms. The molecule has 23 heavy (non-hydrogen) atoms. The molecule has 124 valence electrons. The lowest BCUT2D eigenvalue weighted by Gasteiger charge is -2.45. The number of hydrogen-bond acceptors (Lipinski definition) is 4. The Bertz CT molecular complexity index is 737. The van der Waals surface area contributed by atoms with Crippen molar-refractivity contribution in [1.82, 2.24) is 10.2 Å². The van der Waals surface area contributed by atoms with E-state index in [1.54, 1.807) is 6.26 Å². The molecule has 1 spiro atoms. The fourth-order valence-corrected chi connectivity index (χ4v) is 4.09. The Kier molecular flexibility index (Phi) is 4.76. The van der Waals surface area contributed by atoms with Crippen LogP contribution < -0.4 is 10.7 Å². The van der Waals surface area contributed by atoms with Crippen molar-refractivity contribution < 1.29 is 4.42 Å². The summed E-state index contributed by atoms with van der Waals surface area (Å²) in [6.07, 6.45) is 6.72. The minimum Gasteiger partial charge on any atom is -0.464 e. The monoisotopic (exact) mass is 334 g/mol. The van der Waals surface area contributed by atoms with E-state index >= 15 is 0 Å². The van der Waals surface area contributed by atoms with Crippen LogP contribution in [0.4, 0.5) is 0 Å². The number of nitrogens with zero attached hydrogens (tertiary/aromatic N) is 1. The molecule has 4 rings (SSSR count). The van der Waals surface area contributed by atoms with Gasteiger partial charge in [0.15, 0.2) is 5.43 Å². The van der Waals surface area contributed by atoms with Crippen molar-refractivity contribution in [2.24, 2.45) is 0 Å². The minimum atomic E-state index is 0. The van der Waals surface area contributed by atoms with E-state index in [2.05, 4.69) is 10.2 Å². The maximum atomic E-state index is 12.7. The van der Waals surface area contributed by atoms with E-state index in [0.717, 1.165) is 25.2 Å². The van der Waals surface area contributed by atoms with Gasteiger partial charge in [0.25, 0.3) is 0 Å². The summed E-state index contributed by atoms with van der Waals surface area (Å²) in [5.41, 5.74) is 1.82. The van der Waals surface area contributed by atoms with Gasteiger partial charge in [0, 0.05) is 37.3 Å². The van der Waals surface area contributed by atoms with Crippen molar-refractivity contribution in [3.63, 3.8) is 0 Å². The maximum Gasteiger partial charge on any atom is 0.197 e. The molecule has 2 fully saturated rings. The van der Waals surface area contributed by atoms with Crippen LogP contribution in [0.3, 0.4) is 0 Å². The second-order valence-corrected chi connectivity index (χ2v) is 6.62. The number of halogens is 1. The Balaban J connectivity index is 0.00000156. The number of hydrogen-bond donors (Lipinski definition) is 1. The number of piperazine rings is 1. The number of nitrogens with one attached hydrogen (secondary N) is 1. The highest BCUT2D eigenvalue weighted by atomic mass is 35.5. The van der Waals surface area contributed by atoms with E-state index in [-0.39, 0.29) is 23.4 Å². The van der Waals surface area contributed by atoms with E-state index in [4.69, 9.17) is 4.42 Å². The summed E-state index contributed by atoms with van der Waals surface area (Å²) in [5, 5.41) is 4.22. The summed E-state index contributed by atoms with van der Waals surface area (Å²) in [6.45, 7) is 3.76. The highest BCUT2D eigenvalue weighted by Gasteiger charge is 2.41. The van der Waals surface area contributed by atoms with E-state index in [0.29, 0.717) is 17.5 Å². The molecule has 2 aliphatic rings. The first-order chi connectivity index (χ1) is 10.8. The van der Waals surface area contributed by atoms with Gasteiger partial charge < -0.3 is 9.73 Å². The molecular formula is C18H23ClN2O2. The van der Waals surface area contributed by atoms with E-state index < -0.39 is 0 Å². The van der Waals surface area contributed by atoms with Crippen molar-refractivity contribution in [1.29, 1.82) is 0 Å². The lowest BCUT2D eigenvalue weighted by Crippen LogP contribution is -2.59. The predicted octanol–water partition coefficient (Wildman–Crippen LogP) is 2.93. The van der Waals surface area contributed by atoms with Crippen LogP contribution in [0.2, 0.25) is 0 Å². The summed E-state index contributed by atoms with van der Waals surface area (Å²) in [6, 6.07) is 7.50. The predicted molar refractivity (Wildman–Crippen MR) is 94.2 cm³/mol. The zero-order chi connectivity index (χ0) is 15.0. The van der Waals surface area contributed by atoms with Crippen LogP contribution in [-0.4, -0.2) is 30.1 Å². The van der Waals surface area contributed by atoms with E-state index in [1.807, 2.05) is 24.3 Å². The molecule has 0 unspecified atom stereocenters. The summed E-state index contributed by atoms with van der Waals surface area (Å²) in [4.78, 5) is 15.2. The van der Waals surface area contributed by atoms with Gasteiger partial charge in [0.1, 0.15) is 5.58 Å². The van der Waals surface area contributed by atoms with Gasteiger partial charge in [-0.15, -0.1) is 12.4 Å². The molecule has 4 nitrogen and oxygen atoms in total. The van der Waals surface area contributed by atoms with Crippen LogP contribution in [0.5, 0.6) is 0 Å². The fraction of sp³-hybridized carbons (Fsp3) is 0.500. The molecule has 1 aliphatic heterocycles. The largest absolute Gasteiger partial charge is 0.464 e. The maximum absolute atomic E-state index is 12.7. The van der Waals surface area contributed by atoms with Gasteiger partial charge in [0.2, 0.25) is 0 Å². The van der Waals surface area contributed by atoms with Crippen LogP contribution >= 0.6 is 12.4 Å². The molecule has 2 heterocycles. The zero-order valence-corrected chi connectivity index (χ0v) is 14.0. The highest BCUT2D eigenvalue weighted by molar-refractivity contribution is 5.85. The molecule has 1 saturated carbocycles. The van der Waals surface area contributed by atoms with Crippen molar-refractivity contribution in [3.8, 4) is 0 Å². The lowest BCUT2D eigenvalue weighted by atomic mass is 9.92. The first-order valence-electron chi connectivity index (χ1n) is 8.24. The highest BCUT2D eigenvalue weighted by Crippen LogP contribution is 2.36. The van der Waals surface area contributed by atoms with E-state index in [9.17, 15) is 4.79 Å². The molecule has 1 N–H and O–H groups in total. The third kappa shape index (κ3) is 2.91.